The van der Waals surface area contributed by atoms with E-state index >= 15 is 0 Å². The molecule has 0 atom stereocenters. The van der Waals surface area contributed by atoms with Gasteiger partial charge in [-0.05, 0) is 42.4 Å². The number of ether oxygens (including phenoxy) is 1. The van der Waals surface area contributed by atoms with E-state index in [-0.39, 0.29) is 35.4 Å². The maximum absolute atomic E-state index is 12.3. The van der Waals surface area contributed by atoms with E-state index in [9.17, 15) is 8.42 Å². The summed E-state index contributed by atoms with van der Waals surface area (Å²) in [5.41, 5.74) is 1.25. The van der Waals surface area contributed by atoms with E-state index in [1.807, 2.05) is 6.07 Å². The molecule has 0 radical (unpaired) electrons. The molecular formula is C20H35IN4O3S. The Kier molecular flexibility index (Phi) is 11.4. The van der Waals surface area contributed by atoms with E-state index in [2.05, 4.69) is 27.3 Å². The molecule has 1 aromatic carbocycles. The fourth-order valence-electron chi connectivity index (χ4n) is 3.64. The first-order chi connectivity index (χ1) is 13.4. The van der Waals surface area contributed by atoms with E-state index < -0.39 is 10.0 Å². The quantitative estimate of drug-likeness (QED) is 0.185. The van der Waals surface area contributed by atoms with Gasteiger partial charge in [0.05, 0.1) is 11.5 Å². The largest absolute Gasteiger partial charge is 0.383 e. The minimum Gasteiger partial charge on any atom is -0.383 e. The molecule has 2 rings (SSSR count). The Morgan fingerprint density at radius 3 is 2.59 bits per heavy atom. The lowest BCUT2D eigenvalue weighted by Crippen LogP contribution is -2.42. The Hall–Kier alpha value is -0.910. The Labute approximate surface area is 192 Å². The van der Waals surface area contributed by atoms with Gasteiger partial charge in [0.2, 0.25) is 10.0 Å². The van der Waals surface area contributed by atoms with Crippen LogP contribution in [-0.4, -0.2) is 48.2 Å². The standard InChI is InChI=1S/C20H34N4O3S.HI/c1-4-20(10-5-6-11-20)16-23-19(21-2)22-15-17-8-7-9-18(14-17)28(25,26)24-12-13-27-3;/h7-9,14,24H,4-6,10-13,15-16H2,1-3H3,(H2,21,22,23);1H. The number of hydrogen-bond donors (Lipinski definition) is 3. The zero-order chi connectivity index (χ0) is 20.5. The van der Waals surface area contributed by atoms with Gasteiger partial charge in [0.1, 0.15) is 0 Å². The zero-order valence-electron chi connectivity index (χ0n) is 17.7. The summed E-state index contributed by atoms with van der Waals surface area (Å²) in [4.78, 5) is 4.55. The van der Waals surface area contributed by atoms with Crippen molar-refractivity contribution >= 4 is 40.0 Å². The lowest BCUT2D eigenvalue weighted by Gasteiger charge is -2.28. The van der Waals surface area contributed by atoms with Crippen LogP contribution in [0.25, 0.3) is 0 Å². The first kappa shape index (κ1) is 26.1. The van der Waals surface area contributed by atoms with Gasteiger partial charge in [0.25, 0.3) is 0 Å². The van der Waals surface area contributed by atoms with Gasteiger partial charge in [-0.2, -0.15) is 0 Å². The van der Waals surface area contributed by atoms with E-state index in [4.69, 9.17) is 4.74 Å². The van der Waals surface area contributed by atoms with E-state index in [1.54, 1.807) is 25.2 Å². The first-order valence-corrected chi connectivity index (χ1v) is 11.4. The summed E-state index contributed by atoms with van der Waals surface area (Å²) in [5.74, 6) is 0.742. The Morgan fingerprint density at radius 1 is 1.24 bits per heavy atom. The molecule has 3 N–H and O–H groups in total. The second kappa shape index (κ2) is 12.7. The SMILES string of the molecule is CCC1(CNC(=NC)NCc2cccc(S(=O)(=O)NCCOC)c2)CCCC1.I. The van der Waals surface area contributed by atoms with Crippen molar-refractivity contribution in [1.82, 2.24) is 15.4 Å². The van der Waals surface area contributed by atoms with Crippen molar-refractivity contribution in [2.24, 2.45) is 10.4 Å². The van der Waals surface area contributed by atoms with Crippen LogP contribution < -0.4 is 15.4 Å². The predicted octanol–water partition coefficient (Wildman–Crippen LogP) is 2.86. The number of guanidine groups is 1. The van der Waals surface area contributed by atoms with Crippen molar-refractivity contribution in [3.63, 3.8) is 0 Å². The highest BCUT2D eigenvalue weighted by Gasteiger charge is 2.31. The van der Waals surface area contributed by atoms with Crippen LogP contribution in [0, 0.1) is 5.41 Å². The number of aliphatic imine (C=N–C) groups is 1. The monoisotopic (exact) mass is 538 g/mol. The number of methoxy groups -OCH3 is 1. The number of nitrogens with one attached hydrogen (secondary N) is 3. The second-order valence-corrected chi connectivity index (χ2v) is 9.14. The minimum atomic E-state index is -3.54. The average molecular weight is 538 g/mol. The van der Waals surface area contributed by atoms with Crippen molar-refractivity contribution in [3.8, 4) is 0 Å². The van der Waals surface area contributed by atoms with Crippen LogP contribution in [0.5, 0.6) is 0 Å². The fraction of sp³-hybridized carbons (Fsp3) is 0.650. The summed E-state index contributed by atoms with van der Waals surface area (Å²) < 4.78 is 32.1. The van der Waals surface area contributed by atoms with Crippen molar-refractivity contribution in [2.75, 3.05) is 33.9 Å². The van der Waals surface area contributed by atoms with Crippen LogP contribution in [-0.2, 0) is 21.3 Å². The molecule has 0 aromatic heterocycles. The van der Waals surface area contributed by atoms with Crippen molar-refractivity contribution in [3.05, 3.63) is 29.8 Å². The molecule has 0 unspecified atom stereocenters. The summed E-state index contributed by atoms with van der Waals surface area (Å²) >= 11 is 0. The van der Waals surface area contributed by atoms with Gasteiger partial charge in [0, 0.05) is 33.8 Å². The third kappa shape index (κ3) is 8.03. The van der Waals surface area contributed by atoms with Crippen LogP contribution in [0.1, 0.15) is 44.6 Å². The van der Waals surface area contributed by atoms with Gasteiger partial charge in [-0.15, -0.1) is 24.0 Å². The van der Waals surface area contributed by atoms with Crippen molar-refractivity contribution < 1.29 is 13.2 Å². The molecule has 0 aliphatic heterocycles. The van der Waals surface area contributed by atoms with Crippen molar-refractivity contribution in [2.45, 2.75) is 50.5 Å². The number of benzene rings is 1. The van der Waals surface area contributed by atoms with Gasteiger partial charge >= 0.3 is 0 Å². The molecule has 7 nitrogen and oxygen atoms in total. The molecule has 1 saturated carbocycles. The Bertz CT molecular complexity index is 750. The summed E-state index contributed by atoms with van der Waals surface area (Å²) in [6.07, 6.45) is 6.32. The van der Waals surface area contributed by atoms with Crippen molar-refractivity contribution in [1.29, 1.82) is 0 Å². The molecule has 29 heavy (non-hydrogen) atoms. The number of rotatable bonds is 10. The van der Waals surface area contributed by atoms with Gasteiger partial charge < -0.3 is 15.4 Å². The van der Waals surface area contributed by atoms with Gasteiger partial charge in [0.15, 0.2) is 5.96 Å². The van der Waals surface area contributed by atoms with E-state index in [0.29, 0.717) is 18.6 Å². The number of halogens is 1. The van der Waals surface area contributed by atoms with E-state index in [0.717, 1.165) is 18.1 Å². The van der Waals surface area contributed by atoms with E-state index in [1.165, 1.54) is 39.2 Å². The molecule has 0 saturated heterocycles. The highest BCUT2D eigenvalue weighted by molar-refractivity contribution is 14.0. The molecular weight excluding hydrogens is 503 g/mol. The second-order valence-electron chi connectivity index (χ2n) is 7.38. The molecule has 0 heterocycles. The average Bonchev–Trinajstić information content (AvgIpc) is 3.18. The van der Waals surface area contributed by atoms with Crippen LogP contribution in [0.4, 0.5) is 0 Å². The molecule has 0 spiro atoms. The highest BCUT2D eigenvalue weighted by atomic mass is 127. The lowest BCUT2D eigenvalue weighted by atomic mass is 9.83. The maximum Gasteiger partial charge on any atom is 0.240 e. The van der Waals surface area contributed by atoms with Crippen LogP contribution in [0.3, 0.4) is 0 Å². The predicted molar refractivity (Wildman–Crippen MR) is 128 cm³/mol. The summed E-state index contributed by atoms with van der Waals surface area (Å²) in [7, 11) is -0.244. The fourth-order valence-corrected chi connectivity index (χ4v) is 4.72. The van der Waals surface area contributed by atoms with Crippen LogP contribution in [0.15, 0.2) is 34.2 Å². The van der Waals surface area contributed by atoms with Crippen LogP contribution >= 0.6 is 24.0 Å². The summed E-state index contributed by atoms with van der Waals surface area (Å²) in [5, 5.41) is 6.73. The summed E-state index contributed by atoms with van der Waals surface area (Å²) in [6, 6.07) is 6.93. The molecule has 1 aromatic rings. The number of hydrogen-bond acceptors (Lipinski definition) is 4. The molecule has 9 heteroatoms. The molecule has 0 amide bonds. The highest BCUT2D eigenvalue weighted by Crippen LogP contribution is 2.40. The zero-order valence-corrected chi connectivity index (χ0v) is 20.8. The molecule has 1 aliphatic carbocycles. The first-order valence-electron chi connectivity index (χ1n) is 9.97. The van der Waals surface area contributed by atoms with Crippen LogP contribution in [0.2, 0.25) is 0 Å². The third-order valence-electron chi connectivity index (χ3n) is 5.54. The van der Waals surface area contributed by atoms with Gasteiger partial charge in [-0.3, -0.25) is 4.99 Å². The van der Waals surface area contributed by atoms with Gasteiger partial charge in [-0.1, -0.05) is 31.9 Å². The normalized spacial score (nSPS) is 16.3. The van der Waals surface area contributed by atoms with Gasteiger partial charge in [-0.25, -0.2) is 13.1 Å². The Balaban J connectivity index is 0.00000420. The summed E-state index contributed by atoms with van der Waals surface area (Å²) in [6.45, 7) is 4.26. The number of sulfonamides is 1. The molecule has 0 bridgehead atoms. The third-order valence-corrected chi connectivity index (χ3v) is 6.99. The topological polar surface area (TPSA) is 91.8 Å². The lowest BCUT2D eigenvalue weighted by molar-refractivity contribution is 0.204. The molecule has 1 aliphatic rings. The number of nitrogens with zero attached hydrogens (tertiary/aromatic N) is 1. The minimum absolute atomic E-state index is 0. The maximum atomic E-state index is 12.3. The molecule has 166 valence electrons. The Morgan fingerprint density at radius 2 is 1.97 bits per heavy atom. The smallest absolute Gasteiger partial charge is 0.240 e. The molecule has 1 fully saturated rings.